The molecule has 0 atom stereocenters. The zero-order chi connectivity index (χ0) is 15.2. The summed E-state index contributed by atoms with van der Waals surface area (Å²) < 4.78 is 0. The van der Waals surface area contributed by atoms with Crippen molar-refractivity contribution in [1.82, 2.24) is 9.97 Å². The molecule has 7 heteroatoms. The fraction of sp³-hybridized carbons (Fsp3) is 0.200. The number of hydrogen-bond acceptors (Lipinski definition) is 4. The fourth-order valence-electron chi connectivity index (χ4n) is 1.81. The number of hydrogen-bond donors (Lipinski definition) is 2. The maximum Gasteiger partial charge on any atom is 0.211 e. The van der Waals surface area contributed by atoms with Crippen LogP contribution in [0.25, 0.3) is 0 Å². The van der Waals surface area contributed by atoms with Crippen LogP contribution in [0, 0.1) is 0 Å². The highest BCUT2D eigenvalue weighted by molar-refractivity contribution is 6.11. The minimum atomic E-state index is -0.102. The van der Waals surface area contributed by atoms with Gasteiger partial charge in [0.25, 0.3) is 0 Å². The molecule has 22 heavy (non-hydrogen) atoms. The molecule has 0 radical (unpaired) electrons. The van der Waals surface area contributed by atoms with Crippen LogP contribution in [0.4, 0.5) is 0 Å². The Labute approximate surface area is 135 Å². The lowest BCUT2D eigenvalue weighted by Crippen LogP contribution is -2.22. The molecule has 1 heterocycles. The van der Waals surface area contributed by atoms with Crippen LogP contribution >= 0.6 is 12.4 Å². The van der Waals surface area contributed by atoms with Gasteiger partial charge in [0.1, 0.15) is 11.4 Å². The van der Waals surface area contributed by atoms with Gasteiger partial charge in [-0.15, -0.1) is 22.6 Å². The first-order valence-electron chi connectivity index (χ1n) is 6.61. The predicted molar refractivity (Wildman–Crippen MR) is 91.3 cm³/mol. The minimum Gasteiger partial charge on any atom is -0.369 e. The number of nitrogens with zero attached hydrogens (tertiary/aromatic N) is 4. The van der Waals surface area contributed by atoms with E-state index in [2.05, 4.69) is 46.2 Å². The third-order valence-corrected chi connectivity index (χ3v) is 2.92. The number of halogens is 1. The summed E-state index contributed by atoms with van der Waals surface area (Å²) in [6, 6.07) is 8.07. The average molecular weight is 319 g/mol. The Bertz CT molecular complexity index is 645. The Morgan fingerprint density at radius 2 is 1.73 bits per heavy atom. The molecule has 1 aromatic carbocycles. The number of aromatic nitrogens is 2. The molecule has 2 aromatic rings. The van der Waals surface area contributed by atoms with Gasteiger partial charge in [-0.1, -0.05) is 38.1 Å². The van der Waals surface area contributed by atoms with E-state index in [1.54, 1.807) is 18.6 Å². The SMILES string of the molecule is CC(C)c1ccc(C(=NN=C(N)N)c2cnccn2)cc1.Cl. The van der Waals surface area contributed by atoms with Gasteiger partial charge in [-0.25, -0.2) is 0 Å². The van der Waals surface area contributed by atoms with Crippen LogP contribution in [0.5, 0.6) is 0 Å². The largest absolute Gasteiger partial charge is 0.369 e. The lowest BCUT2D eigenvalue weighted by atomic mass is 9.99. The van der Waals surface area contributed by atoms with Crippen LogP contribution in [0.15, 0.2) is 53.1 Å². The lowest BCUT2D eigenvalue weighted by Gasteiger charge is -2.08. The number of benzene rings is 1. The van der Waals surface area contributed by atoms with E-state index >= 15 is 0 Å². The number of nitrogens with two attached hydrogens (primary N) is 2. The van der Waals surface area contributed by atoms with Crippen LogP contribution in [-0.2, 0) is 0 Å². The first-order valence-corrected chi connectivity index (χ1v) is 6.61. The van der Waals surface area contributed by atoms with Crippen molar-refractivity contribution in [2.75, 3.05) is 0 Å². The highest BCUT2D eigenvalue weighted by Gasteiger charge is 2.09. The van der Waals surface area contributed by atoms with Gasteiger partial charge in [0.05, 0.1) is 6.20 Å². The van der Waals surface area contributed by atoms with Crippen molar-refractivity contribution in [2.45, 2.75) is 19.8 Å². The van der Waals surface area contributed by atoms with E-state index in [9.17, 15) is 0 Å². The van der Waals surface area contributed by atoms with Gasteiger partial charge >= 0.3 is 0 Å². The smallest absolute Gasteiger partial charge is 0.211 e. The summed E-state index contributed by atoms with van der Waals surface area (Å²) in [4.78, 5) is 8.30. The fourth-order valence-corrected chi connectivity index (χ4v) is 1.81. The third kappa shape index (κ3) is 4.53. The molecule has 0 fully saturated rings. The standard InChI is InChI=1S/C15H18N6.ClH/c1-10(2)11-3-5-12(6-4-11)14(20-21-15(16)17)13-9-18-7-8-19-13;/h3-10H,1-2H3,(H4,16,17,21);1H. The monoisotopic (exact) mass is 318 g/mol. The van der Waals surface area contributed by atoms with Crippen LogP contribution < -0.4 is 11.5 Å². The summed E-state index contributed by atoms with van der Waals surface area (Å²) in [5.74, 6) is 0.365. The van der Waals surface area contributed by atoms with Crippen LogP contribution in [0.3, 0.4) is 0 Å². The van der Waals surface area contributed by atoms with E-state index in [1.165, 1.54) is 5.56 Å². The van der Waals surface area contributed by atoms with Crippen LogP contribution in [0.1, 0.15) is 36.6 Å². The van der Waals surface area contributed by atoms with Gasteiger partial charge in [0.15, 0.2) is 0 Å². The Kier molecular flexibility index (Phi) is 6.47. The summed E-state index contributed by atoms with van der Waals surface area (Å²) in [5.41, 5.74) is 14.0. The second-order valence-corrected chi connectivity index (χ2v) is 4.84. The van der Waals surface area contributed by atoms with Crippen molar-refractivity contribution in [3.05, 3.63) is 59.7 Å². The molecule has 0 aliphatic rings. The van der Waals surface area contributed by atoms with E-state index in [0.29, 0.717) is 17.3 Å². The normalized spacial score (nSPS) is 11.0. The molecule has 0 aliphatic carbocycles. The molecule has 0 spiro atoms. The van der Waals surface area contributed by atoms with Crippen molar-refractivity contribution in [2.24, 2.45) is 21.7 Å². The average Bonchev–Trinajstić information content (AvgIpc) is 2.49. The summed E-state index contributed by atoms with van der Waals surface area (Å²) in [7, 11) is 0. The maximum atomic E-state index is 5.35. The van der Waals surface area contributed by atoms with Crippen molar-refractivity contribution < 1.29 is 0 Å². The lowest BCUT2D eigenvalue weighted by molar-refractivity contribution is 0.866. The van der Waals surface area contributed by atoms with Gasteiger partial charge in [0, 0.05) is 18.0 Å². The van der Waals surface area contributed by atoms with E-state index < -0.39 is 0 Å². The zero-order valence-corrected chi connectivity index (χ0v) is 13.3. The first-order chi connectivity index (χ1) is 10.1. The topological polar surface area (TPSA) is 103 Å². The van der Waals surface area contributed by atoms with Gasteiger partial charge in [-0.2, -0.15) is 0 Å². The second-order valence-electron chi connectivity index (χ2n) is 4.84. The molecule has 6 nitrogen and oxygen atoms in total. The minimum absolute atomic E-state index is 0. The summed E-state index contributed by atoms with van der Waals surface area (Å²) >= 11 is 0. The third-order valence-electron chi connectivity index (χ3n) is 2.92. The van der Waals surface area contributed by atoms with Gasteiger partial charge in [-0.05, 0) is 11.5 Å². The van der Waals surface area contributed by atoms with E-state index in [-0.39, 0.29) is 18.4 Å². The van der Waals surface area contributed by atoms with Crippen LogP contribution in [-0.4, -0.2) is 21.6 Å². The molecule has 0 aliphatic heterocycles. The molecule has 2 rings (SSSR count). The molecule has 0 unspecified atom stereocenters. The Morgan fingerprint density at radius 3 is 2.23 bits per heavy atom. The molecule has 116 valence electrons. The van der Waals surface area contributed by atoms with Gasteiger partial charge < -0.3 is 11.5 Å². The van der Waals surface area contributed by atoms with Gasteiger partial charge in [0.2, 0.25) is 5.96 Å². The summed E-state index contributed by atoms with van der Waals surface area (Å²) in [6.07, 6.45) is 4.82. The predicted octanol–water partition coefficient (Wildman–Crippen LogP) is 2.05. The Morgan fingerprint density at radius 1 is 1.05 bits per heavy atom. The molecular formula is C15H19ClN6. The maximum absolute atomic E-state index is 5.35. The van der Waals surface area contributed by atoms with E-state index in [4.69, 9.17) is 11.5 Å². The second kappa shape index (κ2) is 8.09. The van der Waals surface area contributed by atoms with E-state index in [0.717, 1.165) is 5.56 Å². The summed E-state index contributed by atoms with van der Waals surface area (Å²) in [6.45, 7) is 4.29. The first kappa shape index (κ1) is 17.6. The summed E-state index contributed by atoms with van der Waals surface area (Å²) in [5, 5.41) is 7.82. The highest BCUT2D eigenvalue weighted by Crippen LogP contribution is 2.16. The van der Waals surface area contributed by atoms with Crippen molar-refractivity contribution in [1.29, 1.82) is 0 Å². The quantitative estimate of drug-likeness (QED) is 0.511. The van der Waals surface area contributed by atoms with Crippen molar-refractivity contribution in [3.8, 4) is 0 Å². The molecule has 0 bridgehead atoms. The zero-order valence-electron chi connectivity index (χ0n) is 12.5. The highest BCUT2D eigenvalue weighted by atomic mass is 35.5. The number of guanidine groups is 1. The van der Waals surface area contributed by atoms with Gasteiger partial charge in [-0.3, -0.25) is 9.97 Å². The van der Waals surface area contributed by atoms with E-state index in [1.807, 2.05) is 12.1 Å². The molecule has 0 amide bonds. The Hall–Kier alpha value is -2.47. The van der Waals surface area contributed by atoms with Crippen molar-refractivity contribution >= 4 is 24.1 Å². The molecular weight excluding hydrogens is 300 g/mol. The van der Waals surface area contributed by atoms with Crippen molar-refractivity contribution in [3.63, 3.8) is 0 Å². The molecule has 1 aromatic heterocycles. The van der Waals surface area contributed by atoms with Crippen LogP contribution in [0.2, 0.25) is 0 Å². The molecule has 0 saturated heterocycles. The Balaban J connectivity index is 0.00000242. The number of rotatable bonds is 4. The molecule has 4 N–H and O–H groups in total. The molecule has 0 saturated carbocycles.